The molecule has 21 heavy (non-hydrogen) atoms. The summed E-state index contributed by atoms with van der Waals surface area (Å²) in [5.74, 6) is 1.53. The molecule has 8 heteroatoms. The van der Waals surface area contributed by atoms with Crippen molar-refractivity contribution in [3.8, 4) is 11.6 Å². The lowest BCUT2D eigenvalue weighted by molar-refractivity contribution is -0.122. The Bertz CT molecular complexity index is 579. The Morgan fingerprint density at radius 3 is 2.90 bits per heavy atom. The number of hydrogen-bond acceptors (Lipinski definition) is 4. The van der Waals surface area contributed by atoms with E-state index in [0.717, 1.165) is 24.7 Å². The number of imidazole rings is 1. The summed E-state index contributed by atoms with van der Waals surface area (Å²) in [5, 5.41) is 9.67. The van der Waals surface area contributed by atoms with Crippen LogP contribution >= 0.6 is 0 Å². The van der Waals surface area contributed by atoms with Crippen molar-refractivity contribution in [3.05, 3.63) is 30.8 Å². The van der Waals surface area contributed by atoms with Gasteiger partial charge in [0.05, 0.1) is 6.26 Å². The van der Waals surface area contributed by atoms with Crippen molar-refractivity contribution in [2.45, 2.75) is 6.54 Å². The maximum Gasteiger partial charge on any atom is 0.317 e. The lowest BCUT2D eigenvalue weighted by atomic mass is 10.4. The average Bonchev–Trinajstić information content (AvgIpc) is 3.18. The monoisotopic (exact) mass is 292 g/mol. The number of rotatable bonds is 4. The fraction of sp³-hybridized carbons (Fsp3) is 0.308. The molecule has 2 aromatic heterocycles. The van der Waals surface area contributed by atoms with E-state index in [0.29, 0.717) is 13.1 Å². The van der Waals surface area contributed by atoms with E-state index in [2.05, 4.69) is 10.3 Å². The first-order chi connectivity index (χ1) is 10.3. The van der Waals surface area contributed by atoms with Crippen molar-refractivity contribution in [2.24, 2.45) is 0 Å². The Labute approximate surface area is 121 Å². The number of aromatic nitrogens is 2. The van der Waals surface area contributed by atoms with Crippen LogP contribution in [-0.4, -0.2) is 51.7 Å². The molecule has 112 valence electrons. The van der Waals surface area contributed by atoms with E-state index in [9.17, 15) is 4.79 Å². The molecule has 1 aliphatic heterocycles. The first-order valence-electron chi connectivity index (χ1n) is 6.42. The molecule has 2 aromatic rings. The van der Waals surface area contributed by atoms with Gasteiger partial charge in [-0.25, -0.2) is 9.78 Å². The lowest BCUT2D eigenvalue weighted by Crippen LogP contribution is -2.31. The topological polar surface area (TPSA) is 101 Å². The molecule has 1 saturated heterocycles. The first kappa shape index (κ1) is 14.6. The van der Waals surface area contributed by atoms with Crippen LogP contribution in [0, 0.1) is 0 Å². The highest BCUT2D eigenvalue weighted by Gasteiger charge is 2.19. The van der Waals surface area contributed by atoms with Gasteiger partial charge in [-0.2, -0.15) is 0 Å². The van der Waals surface area contributed by atoms with Gasteiger partial charge in [0.25, 0.3) is 6.47 Å². The van der Waals surface area contributed by atoms with Crippen molar-refractivity contribution in [3.63, 3.8) is 0 Å². The first-order valence-corrected chi connectivity index (χ1v) is 6.42. The third-order valence-electron chi connectivity index (χ3n) is 3.01. The van der Waals surface area contributed by atoms with Crippen LogP contribution in [0.15, 0.2) is 35.2 Å². The van der Waals surface area contributed by atoms with Crippen LogP contribution in [0.2, 0.25) is 0 Å². The molecular formula is C13H16N4O4. The Kier molecular flexibility index (Phi) is 4.97. The summed E-state index contributed by atoms with van der Waals surface area (Å²) in [6.07, 6.45) is 5.26. The smallest absolute Gasteiger partial charge is 0.317 e. The van der Waals surface area contributed by atoms with Gasteiger partial charge in [0.15, 0.2) is 11.6 Å². The van der Waals surface area contributed by atoms with Crippen LogP contribution in [0.25, 0.3) is 11.6 Å². The van der Waals surface area contributed by atoms with E-state index in [1.807, 2.05) is 22.9 Å². The summed E-state index contributed by atoms with van der Waals surface area (Å²) in [7, 11) is 0. The van der Waals surface area contributed by atoms with Gasteiger partial charge in [0.2, 0.25) is 0 Å². The molecule has 3 rings (SSSR count). The number of amides is 2. The molecule has 1 fully saturated rings. The van der Waals surface area contributed by atoms with E-state index in [-0.39, 0.29) is 12.5 Å². The van der Waals surface area contributed by atoms with Crippen molar-refractivity contribution in [1.82, 2.24) is 19.8 Å². The molecule has 8 nitrogen and oxygen atoms in total. The second kappa shape index (κ2) is 7.13. The quantitative estimate of drug-likeness (QED) is 0.814. The van der Waals surface area contributed by atoms with Gasteiger partial charge in [0, 0.05) is 38.6 Å². The number of carbonyl (C=O) groups is 2. The minimum absolute atomic E-state index is 0.00895. The number of carboxylic acid groups (broad SMARTS) is 1. The molecular weight excluding hydrogens is 276 g/mol. The zero-order valence-corrected chi connectivity index (χ0v) is 11.3. The minimum Gasteiger partial charge on any atom is -0.483 e. The van der Waals surface area contributed by atoms with Gasteiger partial charge < -0.3 is 24.3 Å². The highest BCUT2D eigenvalue weighted by Crippen LogP contribution is 2.17. The summed E-state index contributed by atoms with van der Waals surface area (Å²) in [6.45, 7) is 2.64. The van der Waals surface area contributed by atoms with Crippen LogP contribution in [0.4, 0.5) is 4.79 Å². The highest BCUT2D eigenvalue weighted by atomic mass is 16.3. The van der Waals surface area contributed by atoms with E-state index < -0.39 is 0 Å². The van der Waals surface area contributed by atoms with Crippen LogP contribution < -0.4 is 5.32 Å². The van der Waals surface area contributed by atoms with E-state index in [1.165, 1.54) is 0 Å². The second-order valence-electron chi connectivity index (χ2n) is 4.25. The number of furan rings is 1. The fourth-order valence-corrected chi connectivity index (χ4v) is 2.07. The molecule has 3 heterocycles. The normalized spacial score (nSPS) is 13.5. The molecule has 0 unspecified atom stereocenters. The molecule has 2 N–H and O–H groups in total. The van der Waals surface area contributed by atoms with Crippen LogP contribution in [-0.2, 0) is 11.3 Å². The molecule has 1 aliphatic rings. The Morgan fingerprint density at radius 2 is 2.29 bits per heavy atom. The van der Waals surface area contributed by atoms with Crippen LogP contribution in [0.3, 0.4) is 0 Å². The summed E-state index contributed by atoms with van der Waals surface area (Å²) in [5.41, 5.74) is 0. The SMILES string of the molecule is O=C1NCCN1CCn1ccnc1-c1ccco1.O=CO. The van der Waals surface area contributed by atoms with E-state index in [4.69, 9.17) is 14.3 Å². The summed E-state index contributed by atoms with van der Waals surface area (Å²) < 4.78 is 7.33. The lowest BCUT2D eigenvalue weighted by Gasteiger charge is -2.14. The Balaban J connectivity index is 0.000000497. The number of nitrogens with zero attached hydrogens (tertiary/aromatic N) is 3. The number of hydrogen-bond donors (Lipinski definition) is 2. The van der Waals surface area contributed by atoms with Gasteiger partial charge >= 0.3 is 6.03 Å². The number of carbonyl (C=O) groups excluding carboxylic acids is 1. The van der Waals surface area contributed by atoms with Gasteiger partial charge in [-0.05, 0) is 12.1 Å². The van der Waals surface area contributed by atoms with Crippen molar-refractivity contribution in [2.75, 3.05) is 19.6 Å². The van der Waals surface area contributed by atoms with Gasteiger partial charge in [-0.3, -0.25) is 4.79 Å². The van der Waals surface area contributed by atoms with Crippen molar-refractivity contribution >= 4 is 12.5 Å². The third kappa shape index (κ3) is 3.62. The molecule has 2 amide bonds. The fourth-order valence-electron chi connectivity index (χ4n) is 2.07. The molecule has 0 aliphatic carbocycles. The van der Waals surface area contributed by atoms with Crippen molar-refractivity contribution < 1.29 is 19.1 Å². The molecule has 0 atom stereocenters. The molecule has 0 bridgehead atoms. The number of nitrogens with one attached hydrogen (secondary N) is 1. The Hall–Kier alpha value is -2.77. The predicted octanol–water partition coefficient (Wildman–Crippen LogP) is 0.869. The van der Waals surface area contributed by atoms with E-state index >= 15 is 0 Å². The average molecular weight is 292 g/mol. The third-order valence-corrected chi connectivity index (χ3v) is 3.01. The number of urea groups is 1. The zero-order valence-electron chi connectivity index (χ0n) is 11.3. The van der Waals surface area contributed by atoms with Crippen molar-refractivity contribution in [1.29, 1.82) is 0 Å². The summed E-state index contributed by atoms with van der Waals surface area (Å²) in [4.78, 5) is 25.9. The van der Waals surface area contributed by atoms with Gasteiger partial charge in [-0.1, -0.05) is 0 Å². The largest absolute Gasteiger partial charge is 0.483 e. The zero-order chi connectivity index (χ0) is 15.1. The molecule has 0 radical (unpaired) electrons. The maximum atomic E-state index is 11.4. The van der Waals surface area contributed by atoms with Crippen LogP contribution in [0.1, 0.15) is 0 Å². The minimum atomic E-state index is -0.250. The van der Waals surface area contributed by atoms with Crippen LogP contribution in [0.5, 0.6) is 0 Å². The standard InChI is InChI=1S/C12H14N4O2.CH2O2/c17-12-14-4-6-16(12)8-7-15-5-3-13-11(15)10-2-1-9-18-10;2-1-3/h1-3,5,9H,4,6-8H2,(H,14,17);1H,(H,2,3). The highest BCUT2D eigenvalue weighted by molar-refractivity contribution is 5.76. The second-order valence-corrected chi connectivity index (χ2v) is 4.25. The Morgan fingerprint density at radius 1 is 1.48 bits per heavy atom. The van der Waals surface area contributed by atoms with Gasteiger partial charge in [0.1, 0.15) is 0 Å². The summed E-state index contributed by atoms with van der Waals surface area (Å²) in [6, 6.07) is 3.72. The maximum absolute atomic E-state index is 11.4. The van der Waals surface area contributed by atoms with Gasteiger partial charge in [-0.15, -0.1) is 0 Å². The molecule has 0 spiro atoms. The van der Waals surface area contributed by atoms with E-state index in [1.54, 1.807) is 17.4 Å². The predicted molar refractivity (Wildman–Crippen MR) is 73.6 cm³/mol. The summed E-state index contributed by atoms with van der Waals surface area (Å²) >= 11 is 0. The molecule has 0 aromatic carbocycles. The molecule has 0 saturated carbocycles.